The van der Waals surface area contributed by atoms with Gasteiger partial charge < -0.3 is 25.4 Å². The van der Waals surface area contributed by atoms with Gasteiger partial charge in [-0.1, -0.05) is 32.9 Å². The maximum Gasteiger partial charge on any atom is 0.407 e. The van der Waals surface area contributed by atoms with Gasteiger partial charge in [0.2, 0.25) is 11.8 Å². The molecule has 0 bridgehead atoms. The van der Waals surface area contributed by atoms with E-state index in [0.717, 1.165) is 5.75 Å². The summed E-state index contributed by atoms with van der Waals surface area (Å²) < 4.78 is 10.9. The second kappa shape index (κ2) is 13.0. The lowest BCUT2D eigenvalue weighted by Gasteiger charge is -2.19. The molecule has 0 aliphatic carbocycles. The minimum Gasteiger partial charge on any atom is -0.494 e. The highest BCUT2D eigenvalue weighted by Gasteiger charge is 2.16. The second-order valence-electron chi connectivity index (χ2n) is 10.6. The molecule has 3 N–H and O–H groups in total. The maximum atomic E-state index is 12.2. The third kappa shape index (κ3) is 11.3. The van der Waals surface area contributed by atoms with Crippen molar-refractivity contribution in [1.82, 2.24) is 5.32 Å². The SMILES string of the molecule is CC(C)(C)OC(=O)NCCC(=O)Nc1ccc(NC(=O)CCCOc2ccc(C(C)(C)C)cc2)cc1. The van der Waals surface area contributed by atoms with Crippen LogP contribution in [0.15, 0.2) is 48.5 Å². The lowest BCUT2D eigenvalue weighted by Crippen LogP contribution is -2.34. The Kier molecular flexibility index (Phi) is 10.3. The van der Waals surface area contributed by atoms with Crippen LogP contribution in [0.3, 0.4) is 0 Å². The molecule has 0 radical (unpaired) electrons. The van der Waals surface area contributed by atoms with Crippen LogP contribution in [0, 0.1) is 0 Å². The zero-order valence-corrected chi connectivity index (χ0v) is 22.2. The summed E-state index contributed by atoms with van der Waals surface area (Å²) in [5.41, 5.74) is 2.00. The Hall–Kier alpha value is -3.55. The summed E-state index contributed by atoms with van der Waals surface area (Å²) >= 11 is 0. The Bertz CT molecular complexity index is 1000. The van der Waals surface area contributed by atoms with Crippen molar-refractivity contribution in [3.8, 4) is 5.75 Å². The second-order valence-corrected chi connectivity index (χ2v) is 10.6. The number of carbonyl (C=O) groups excluding carboxylic acids is 3. The molecule has 2 aromatic rings. The smallest absolute Gasteiger partial charge is 0.407 e. The molecule has 2 aromatic carbocycles. The Labute approximate surface area is 214 Å². The summed E-state index contributed by atoms with van der Waals surface area (Å²) in [5, 5.41) is 8.14. The predicted octanol–water partition coefficient (Wildman–Crippen LogP) is 5.64. The third-order valence-electron chi connectivity index (χ3n) is 5.01. The predicted molar refractivity (Wildman–Crippen MR) is 142 cm³/mol. The Morgan fingerprint density at radius 3 is 1.78 bits per heavy atom. The van der Waals surface area contributed by atoms with Gasteiger partial charge in [-0.25, -0.2) is 4.79 Å². The van der Waals surface area contributed by atoms with Crippen molar-refractivity contribution < 1.29 is 23.9 Å². The molecular formula is C28H39N3O5. The molecule has 36 heavy (non-hydrogen) atoms. The molecular weight excluding hydrogens is 458 g/mol. The molecule has 0 atom stereocenters. The van der Waals surface area contributed by atoms with Crippen LogP contribution in [0.5, 0.6) is 5.75 Å². The number of nitrogens with one attached hydrogen (secondary N) is 3. The summed E-state index contributed by atoms with van der Waals surface area (Å²) in [4.78, 5) is 35.9. The van der Waals surface area contributed by atoms with Crippen LogP contribution in [-0.2, 0) is 19.7 Å². The fourth-order valence-electron chi connectivity index (χ4n) is 3.15. The largest absolute Gasteiger partial charge is 0.494 e. The van der Waals surface area contributed by atoms with Gasteiger partial charge in [0.25, 0.3) is 0 Å². The number of hydrogen-bond acceptors (Lipinski definition) is 5. The van der Waals surface area contributed by atoms with Gasteiger partial charge in [-0.15, -0.1) is 0 Å². The Balaban J connectivity index is 1.65. The van der Waals surface area contributed by atoms with E-state index in [2.05, 4.69) is 48.9 Å². The number of alkyl carbamates (subject to hydrolysis) is 1. The van der Waals surface area contributed by atoms with Crippen molar-refractivity contribution in [3.05, 3.63) is 54.1 Å². The highest BCUT2D eigenvalue weighted by Crippen LogP contribution is 2.24. The molecule has 2 rings (SSSR count). The molecule has 0 unspecified atom stereocenters. The minimum absolute atomic E-state index is 0.0983. The van der Waals surface area contributed by atoms with Gasteiger partial charge in [0.15, 0.2) is 0 Å². The van der Waals surface area contributed by atoms with Gasteiger partial charge in [-0.3, -0.25) is 9.59 Å². The van der Waals surface area contributed by atoms with Gasteiger partial charge >= 0.3 is 6.09 Å². The van der Waals surface area contributed by atoms with Crippen molar-refractivity contribution in [2.75, 3.05) is 23.8 Å². The molecule has 0 saturated heterocycles. The number of ether oxygens (including phenoxy) is 2. The summed E-state index contributed by atoms with van der Waals surface area (Å²) in [7, 11) is 0. The number of amides is 3. The monoisotopic (exact) mass is 497 g/mol. The van der Waals surface area contributed by atoms with Crippen LogP contribution in [0.2, 0.25) is 0 Å². The third-order valence-corrected chi connectivity index (χ3v) is 5.01. The van der Waals surface area contributed by atoms with E-state index in [4.69, 9.17) is 9.47 Å². The van der Waals surface area contributed by atoms with Crippen LogP contribution < -0.4 is 20.7 Å². The molecule has 0 aromatic heterocycles. The van der Waals surface area contributed by atoms with Crippen molar-refractivity contribution in [1.29, 1.82) is 0 Å². The minimum atomic E-state index is -0.587. The summed E-state index contributed by atoms with van der Waals surface area (Å²) in [6, 6.07) is 14.9. The Morgan fingerprint density at radius 1 is 0.750 bits per heavy atom. The molecule has 0 fully saturated rings. The number of carbonyl (C=O) groups is 3. The van der Waals surface area contributed by atoms with Crippen molar-refractivity contribution >= 4 is 29.3 Å². The summed E-state index contributed by atoms with van der Waals surface area (Å²) in [6.07, 6.45) is 0.485. The average Bonchev–Trinajstić information content (AvgIpc) is 2.76. The van der Waals surface area contributed by atoms with Gasteiger partial charge in [-0.05, 0) is 74.6 Å². The lowest BCUT2D eigenvalue weighted by atomic mass is 9.87. The first-order chi connectivity index (χ1) is 16.8. The fraction of sp³-hybridized carbons (Fsp3) is 0.464. The van der Waals surface area contributed by atoms with Gasteiger partial charge in [-0.2, -0.15) is 0 Å². The molecule has 8 nitrogen and oxygen atoms in total. The van der Waals surface area contributed by atoms with Crippen LogP contribution >= 0.6 is 0 Å². The van der Waals surface area contributed by atoms with Crippen molar-refractivity contribution in [3.63, 3.8) is 0 Å². The highest BCUT2D eigenvalue weighted by molar-refractivity contribution is 5.93. The number of benzene rings is 2. The zero-order chi connectivity index (χ0) is 26.8. The number of hydrogen-bond donors (Lipinski definition) is 3. The van der Waals surface area contributed by atoms with E-state index in [-0.39, 0.29) is 30.2 Å². The fourth-order valence-corrected chi connectivity index (χ4v) is 3.15. The summed E-state index contributed by atoms with van der Waals surface area (Å²) in [5.74, 6) is 0.448. The zero-order valence-electron chi connectivity index (χ0n) is 22.2. The van der Waals surface area contributed by atoms with E-state index in [1.54, 1.807) is 45.0 Å². The first-order valence-electron chi connectivity index (χ1n) is 12.2. The topological polar surface area (TPSA) is 106 Å². The molecule has 0 aliphatic heterocycles. The molecule has 8 heteroatoms. The standard InChI is InChI=1S/C28H39N3O5/c1-27(2,3)20-9-15-23(16-10-20)35-19-7-8-24(32)30-21-11-13-22(14-12-21)31-25(33)17-18-29-26(34)36-28(4,5)6/h9-16H,7-8,17-19H2,1-6H3,(H,29,34)(H,30,32)(H,31,33). The normalized spacial score (nSPS) is 11.4. The number of rotatable bonds is 10. The number of anilines is 2. The first-order valence-corrected chi connectivity index (χ1v) is 12.2. The molecule has 196 valence electrons. The van der Waals surface area contributed by atoms with E-state index >= 15 is 0 Å². The van der Waals surface area contributed by atoms with Crippen molar-refractivity contribution in [2.45, 2.75) is 71.8 Å². The highest BCUT2D eigenvalue weighted by atomic mass is 16.6. The van der Waals surface area contributed by atoms with Crippen LogP contribution in [0.4, 0.5) is 16.2 Å². The molecule has 0 heterocycles. The van der Waals surface area contributed by atoms with Crippen molar-refractivity contribution in [2.24, 2.45) is 0 Å². The average molecular weight is 498 g/mol. The quantitative estimate of drug-likeness (QED) is 0.369. The van der Waals surface area contributed by atoms with Crippen LogP contribution in [0.25, 0.3) is 0 Å². The molecule has 0 spiro atoms. The van der Waals surface area contributed by atoms with E-state index in [9.17, 15) is 14.4 Å². The van der Waals surface area contributed by atoms with Gasteiger partial charge in [0.05, 0.1) is 6.61 Å². The molecule has 0 aliphatic rings. The van der Waals surface area contributed by atoms with Gasteiger partial charge in [0, 0.05) is 30.8 Å². The maximum absolute atomic E-state index is 12.2. The summed E-state index contributed by atoms with van der Waals surface area (Å²) in [6.45, 7) is 12.4. The van der Waals surface area contributed by atoms with Crippen LogP contribution in [0.1, 0.15) is 66.4 Å². The Morgan fingerprint density at radius 2 is 1.28 bits per heavy atom. The van der Waals surface area contributed by atoms with E-state index in [1.165, 1.54) is 5.56 Å². The molecule has 3 amide bonds. The van der Waals surface area contributed by atoms with Crippen LogP contribution in [-0.4, -0.2) is 36.7 Å². The van der Waals surface area contributed by atoms with E-state index < -0.39 is 11.7 Å². The lowest BCUT2D eigenvalue weighted by molar-refractivity contribution is -0.117. The van der Waals surface area contributed by atoms with Gasteiger partial charge in [0.1, 0.15) is 11.4 Å². The molecule has 0 saturated carbocycles. The van der Waals surface area contributed by atoms with E-state index in [0.29, 0.717) is 30.8 Å². The first kappa shape index (κ1) is 28.7. The van der Waals surface area contributed by atoms with E-state index in [1.807, 2.05) is 12.1 Å².